The van der Waals surface area contributed by atoms with Crippen molar-refractivity contribution in [1.29, 1.82) is 0 Å². The quantitative estimate of drug-likeness (QED) is 0.696. The molecule has 0 radical (unpaired) electrons. The van der Waals surface area contributed by atoms with Gasteiger partial charge in [0.05, 0.1) is 11.2 Å². The van der Waals surface area contributed by atoms with E-state index in [1.165, 1.54) is 0 Å². The number of aryl methyl sites for hydroxylation is 1. The fourth-order valence-corrected chi connectivity index (χ4v) is 2.29. The monoisotopic (exact) mass is 343 g/mol. The van der Waals surface area contributed by atoms with Crippen LogP contribution in [0, 0.1) is 6.92 Å². The Kier molecular flexibility index (Phi) is 5.98. The molecule has 0 unspecified atom stereocenters. The Morgan fingerprint density at radius 3 is 2.58 bits per heavy atom. The lowest BCUT2D eigenvalue weighted by molar-refractivity contribution is 0.142. The number of halogens is 1. The summed E-state index contributed by atoms with van der Waals surface area (Å²) in [6.07, 6.45) is -0.535. The molecule has 0 saturated heterocycles. The molecule has 0 atom stereocenters. The number of fused-ring (bicyclic) bond motifs is 1. The molecule has 0 aliphatic rings. The second-order valence-corrected chi connectivity index (χ2v) is 5.14. The zero-order valence-corrected chi connectivity index (χ0v) is 14.0. The van der Waals surface area contributed by atoms with Gasteiger partial charge < -0.3 is 4.74 Å². The molecule has 3 rings (SSSR count). The number of aromatic nitrogens is 1. The average Bonchev–Trinajstić information content (AvgIpc) is 2.58. The minimum Gasteiger partial charge on any atom is -0.443 e. The highest BCUT2D eigenvalue weighted by molar-refractivity contribution is 5.91. The van der Waals surface area contributed by atoms with Crippen molar-refractivity contribution in [2.24, 2.45) is 0 Å². The molecule has 1 amide bonds. The summed E-state index contributed by atoms with van der Waals surface area (Å²) in [6.45, 7) is 2.13. The first-order valence-corrected chi connectivity index (χ1v) is 7.31. The molecular formula is C18H18ClN3O2. The van der Waals surface area contributed by atoms with Crippen molar-refractivity contribution in [2.45, 2.75) is 13.5 Å². The van der Waals surface area contributed by atoms with Crippen molar-refractivity contribution in [3.8, 4) is 0 Å². The highest BCUT2D eigenvalue weighted by Crippen LogP contribution is 2.22. The molecule has 0 fully saturated rings. The summed E-state index contributed by atoms with van der Waals surface area (Å²) >= 11 is 0. The topological polar surface area (TPSA) is 63.2 Å². The third kappa shape index (κ3) is 4.36. The third-order valence-electron chi connectivity index (χ3n) is 3.36. The number of hydrogen-bond donors (Lipinski definition) is 2. The molecule has 3 aromatic rings. The number of nitrogens with zero attached hydrogens (tertiary/aromatic N) is 1. The molecule has 6 heteroatoms. The van der Waals surface area contributed by atoms with Gasteiger partial charge in [0.25, 0.3) is 0 Å². The van der Waals surface area contributed by atoms with Crippen LogP contribution in [0.1, 0.15) is 11.3 Å². The Hall–Kier alpha value is -2.79. The van der Waals surface area contributed by atoms with Crippen LogP contribution < -0.4 is 10.9 Å². The van der Waals surface area contributed by atoms with Crippen LogP contribution in [0.3, 0.4) is 0 Å². The van der Waals surface area contributed by atoms with Crippen LogP contribution in [0.2, 0.25) is 0 Å². The fraction of sp³-hybridized carbons (Fsp3) is 0.111. The van der Waals surface area contributed by atoms with Gasteiger partial charge in [-0.1, -0.05) is 48.5 Å². The number of para-hydroxylation sites is 1. The van der Waals surface area contributed by atoms with E-state index in [1.54, 1.807) is 0 Å². The van der Waals surface area contributed by atoms with E-state index in [9.17, 15) is 4.79 Å². The number of hydrazine groups is 1. The Morgan fingerprint density at radius 1 is 1.08 bits per heavy atom. The van der Waals surface area contributed by atoms with Gasteiger partial charge in [0.1, 0.15) is 6.61 Å². The minimum absolute atomic E-state index is 0. The normalized spacial score (nSPS) is 9.88. The highest BCUT2D eigenvalue weighted by atomic mass is 35.5. The predicted octanol–water partition coefficient (Wildman–Crippen LogP) is 4.22. The molecule has 0 spiro atoms. The number of nitrogens with one attached hydrogen (secondary N) is 2. The van der Waals surface area contributed by atoms with Crippen molar-refractivity contribution in [3.05, 3.63) is 71.9 Å². The van der Waals surface area contributed by atoms with Crippen LogP contribution in [-0.2, 0) is 11.3 Å². The summed E-state index contributed by atoms with van der Waals surface area (Å²) in [5, 5.41) is 0.932. The number of carbonyl (C=O) groups excluding carboxylic acids is 1. The highest BCUT2D eigenvalue weighted by Gasteiger charge is 2.06. The van der Waals surface area contributed by atoms with Crippen LogP contribution in [-0.4, -0.2) is 11.1 Å². The van der Waals surface area contributed by atoms with Crippen LogP contribution in [0.4, 0.5) is 10.5 Å². The second kappa shape index (κ2) is 8.17. The molecule has 2 N–H and O–H groups in total. The van der Waals surface area contributed by atoms with Crippen molar-refractivity contribution < 1.29 is 9.53 Å². The van der Waals surface area contributed by atoms with Crippen LogP contribution in [0.15, 0.2) is 60.7 Å². The zero-order chi connectivity index (χ0) is 16.1. The van der Waals surface area contributed by atoms with E-state index in [-0.39, 0.29) is 19.0 Å². The van der Waals surface area contributed by atoms with Gasteiger partial charge in [-0.3, -0.25) is 10.4 Å². The van der Waals surface area contributed by atoms with E-state index in [0.717, 1.165) is 27.8 Å². The van der Waals surface area contributed by atoms with Crippen molar-refractivity contribution in [1.82, 2.24) is 10.4 Å². The van der Waals surface area contributed by atoms with Crippen molar-refractivity contribution in [2.75, 3.05) is 5.43 Å². The Balaban J connectivity index is 0.00000208. The summed E-state index contributed by atoms with van der Waals surface area (Å²) in [4.78, 5) is 16.3. The lowest BCUT2D eigenvalue weighted by Gasteiger charge is -2.12. The van der Waals surface area contributed by atoms with Crippen LogP contribution in [0.5, 0.6) is 0 Å². The number of rotatable bonds is 4. The van der Waals surface area contributed by atoms with Gasteiger partial charge in [-0.2, -0.15) is 0 Å². The standard InChI is InChI=1S/C18H17N3O2.ClH/c1-13-11-17(15-9-5-6-10-16(15)19-13)20-21-18(22)23-12-14-7-3-2-4-8-14;/h2-11H,12H2,1H3,(H,19,20)(H,21,22);1H. The maximum absolute atomic E-state index is 11.8. The van der Waals surface area contributed by atoms with E-state index < -0.39 is 6.09 Å². The number of carbonyl (C=O) groups is 1. The maximum Gasteiger partial charge on any atom is 0.426 e. The van der Waals surface area contributed by atoms with E-state index in [2.05, 4.69) is 15.8 Å². The predicted molar refractivity (Wildman–Crippen MR) is 97.1 cm³/mol. The summed E-state index contributed by atoms with van der Waals surface area (Å²) < 4.78 is 5.16. The number of ether oxygens (including phenoxy) is 1. The molecule has 0 saturated carbocycles. The summed E-state index contributed by atoms with van der Waals surface area (Å²) in [6, 6.07) is 19.1. The molecule has 0 bridgehead atoms. The van der Waals surface area contributed by atoms with Crippen LogP contribution >= 0.6 is 12.4 Å². The smallest absolute Gasteiger partial charge is 0.426 e. The van der Waals surface area contributed by atoms with Crippen molar-refractivity contribution >= 4 is 35.1 Å². The second-order valence-electron chi connectivity index (χ2n) is 5.14. The lowest BCUT2D eigenvalue weighted by atomic mass is 10.1. The molecule has 0 aliphatic heterocycles. The average molecular weight is 344 g/mol. The molecule has 2 aromatic carbocycles. The van der Waals surface area contributed by atoms with Gasteiger partial charge in [0.15, 0.2) is 0 Å². The first-order valence-electron chi connectivity index (χ1n) is 7.31. The Labute approximate surface area is 146 Å². The van der Waals surface area contributed by atoms with Gasteiger partial charge in [0, 0.05) is 11.1 Å². The molecule has 24 heavy (non-hydrogen) atoms. The SMILES string of the molecule is Cc1cc(NNC(=O)OCc2ccccc2)c2ccccc2n1.Cl. The molecule has 1 aromatic heterocycles. The van der Waals surface area contributed by atoms with Gasteiger partial charge in [-0.15, -0.1) is 12.4 Å². The summed E-state index contributed by atoms with van der Waals surface area (Å²) in [5.74, 6) is 0. The summed E-state index contributed by atoms with van der Waals surface area (Å²) in [7, 11) is 0. The van der Waals surface area contributed by atoms with Crippen LogP contribution in [0.25, 0.3) is 10.9 Å². The van der Waals surface area contributed by atoms with E-state index in [4.69, 9.17) is 4.74 Å². The van der Waals surface area contributed by atoms with Gasteiger partial charge in [-0.05, 0) is 24.6 Å². The largest absolute Gasteiger partial charge is 0.443 e. The van der Waals surface area contributed by atoms with Gasteiger partial charge in [0.2, 0.25) is 0 Å². The van der Waals surface area contributed by atoms with E-state index in [1.807, 2.05) is 67.6 Å². The number of hydrogen-bond acceptors (Lipinski definition) is 4. The van der Waals surface area contributed by atoms with Gasteiger partial charge in [-0.25, -0.2) is 10.2 Å². The molecule has 0 aliphatic carbocycles. The first kappa shape index (κ1) is 17.6. The van der Waals surface area contributed by atoms with Gasteiger partial charge >= 0.3 is 6.09 Å². The van der Waals surface area contributed by atoms with E-state index in [0.29, 0.717) is 0 Å². The molecule has 124 valence electrons. The lowest BCUT2D eigenvalue weighted by Crippen LogP contribution is -2.30. The van der Waals surface area contributed by atoms with Crippen molar-refractivity contribution in [3.63, 3.8) is 0 Å². The number of amides is 1. The minimum atomic E-state index is -0.535. The molecule has 5 nitrogen and oxygen atoms in total. The van der Waals surface area contributed by atoms with E-state index >= 15 is 0 Å². The third-order valence-corrected chi connectivity index (χ3v) is 3.36. The number of benzene rings is 2. The number of pyridine rings is 1. The summed E-state index contributed by atoms with van der Waals surface area (Å²) in [5.41, 5.74) is 8.91. The Morgan fingerprint density at radius 2 is 1.79 bits per heavy atom. The number of anilines is 1. The molecule has 1 heterocycles. The Bertz CT molecular complexity index is 825. The first-order chi connectivity index (χ1) is 11.2. The molecular weight excluding hydrogens is 326 g/mol. The maximum atomic E-state index is 11.8. The zero-order valence-electron chi connectivity index (χ0n) is 13.2. The fourth-order valence-electron chi connectivity index (χ4n) is 2.29.